The van der Waals surface area contributed by atoms with Crippen LogP contribution < -0.4 is 10.5 Å². The van der Waals surface area contributed by atoms with E-state index >= 15 is 0 Å². The van der Waals surface area contributed by atoms with E-state index in [0.29, 0.717) is 12.2 Å². The molecule has 1 heterocycles. The Labute approximate surface area is 146 Å². The van der Waals surface area contributed by atoms with Gasteiger partial charge in [-0.2, -0.15) is 0 Å². The van der Waals surface area contributed by atoms with Gasteiger partial charge in [0.15, 0.2) is 6.61 Å². The van der Waals surface area contributed by atoms with Crippen molar-refractivity contribution in [3.05, 3.63) is 22.7 Å². The van der Waals surface area contributed by atoms with Gasteiger partial charge in [-0.3, -0.25) is 4.79 Å². The zero-order valence-corrected chi connectivity index (χ0v) is 14.8. The summed E-state index contributed by atoms with van der Waals surface area (Å²) in [6.07, 6.45) is 4.01. The smallest absolute Gasteiger partial charge is 0.342 e. The van der Waals surface area contributed by atoms with E-state index in [1.165, 1.54) is 19.2 Å². The first kappa shape index (κ1) is 18.4. The van der Waals surface area contributed by atoms with Crippen molar-refractivity contribution in [2.45, 2.75) is 38.6 Å². The Bertz CT molecular complexity index is 621. The monoisotopic (exact) mass is 354 g/mol. The number of carbonyl (C=O) groups is 2. The molecule has 132 valence electrons. The topological polar surface area (TPSA) is 81.9 Å². The van der Waals surface area contributed by atoms with Gasteiger partial charge in [-0.15, -0.1) is 0 Å². The summed E-state index contributed by atoms with van der Waals surface area (Å²) in [6.45, 7) is 2.48. The van der Waals surface area contributed by atoms with E-state index in [-0.39, 0.29) is 34.9 Å². The van der Waals surface area contributed by atoms with Crippen molar-refractivity contribution in [2.24, 2.45) is 0 Å². The molecule has 0 spiro atoms. The third-order valence-electron chi connectivity index (χ3n) is 4.28. The predicted octanol–water partition coefficient (Wildman–Crippen LogP) is 2.88. The van der Waals surface area contributed by atoms with Crippen LogP contribution >= 0.6 is 11.6 Å². The third-order valence-corrected chi connectivity index (χ3v) is 4.61. The lowest BCUT2D eigenvalue weighted by atomic mass is 10.00. The molecule has 1 saturated heterocycles. The van der Waals surface area contributed by atoms with Gasteiger partial charge in [-0.25, -0.2) is 4.79 Å². The quantitative estimate of drug-likeness (QED) is 0.649. The number of hydrogen-bond donors (Lipinski definition) is 1. The van der Waals surface area contributed by atoms with Gasteiger partial charge in [-0.05, 0) is 31.7 Å². The van der Waals surface area contributed by atoms with E-state index < -0.39 is 5.97 Å². The van der Waals surface area contributed by atoms with Gasteiger partial charge in [0.2, 0.25) is 0 Å². The van der Waals surface area contributed by atoms with Crippen LogP contribution in [0.2, 0.25) is 5.02 Å². The molecule has 1 aromatic carbocycles. The standard InChI is InChI=1S/C17H23ClN2O4/c1-3-11-6-4-5-7-20(11)16(21)10-24-17(22)12-8-13(18)14(19)9-15(12)23-2/h8-9,11H,3-7,10,19H2,1-2H3. The number of piperidine rings is 1. The molecular weight excluding hydrogens is 332 g/mol. The van der Waals surface area contributed by atoms with Crippen LogP contribution in [0.1, 0.15) is 43.0 Å². The largest absolute Gasteiger partial charge is 0.496 e. The summed E-state index contributed by atoms with van der Waals surface area (Å²) in [5.41, 5.74) is 6.14. The zero-order chi connectivity index (χ0) is 17.7. The fourth-order valence-corrected chi connectivity index (χ4v) is 3.10. The van der Waals surface area contributed by atoms with Gasteiger partial charge in [0.1, 0.15) is 11.3 Å². The molecule has 24 heavy (non-hydrogen) atoms. The van der Waals surface area contributed by atoms with Crippen LogP contribution in [-0.2, 0) is 9.53 Å². The van der Waals surface area contributed by atoms with Gasteiger partial charge in [0.25, 0.3) is 5.91 Å². The summed E-state index contributed by atoms with van der Waals surface area (Å²) in [6, 6.07) is 3.07. The minimum absolute atomic E-state index is 0.148. The van der Waals surface area contributed by atoms with E-state index in [2.05, 4.69) is 6.92 Å². The van der Waals surface area contributed by atoms with Crippen LogP contribution in [0.4, 0.5) is 5.69 Å². The maximum Gasteiger partial charge on any atom is 0.342 e. The summed E-state index contributed by atoms with van der Waals surface area (Å²) >= 11 is 5.95. The third kappa shape index (κ3) is 4.12. The highest BCUT2D eigenvalue weighted by Crippen LogP contribution is 2.29. The molecule has 7 heteroatoms. The molecular formula is C17H23ClN2O4. The second-order valence-electron chi connectivity index (χ2n) is 5.80. The lowest BCUT2D eigenvalue weighted by molar-refractivity contribution is -0.138. The van der Waals surface area contributed by atoms with Crippen molar-refractivity contribution in [2.75, 3.05) is 26.0 Å². The Kier molecular flexibility index (Phi) is 6.31. The average molecular weight is 355 g/mol. The normalized spacial score (nSPS) is 17.5. The Morgan fingerprint density at radius 2 is 2.12 bits per heavy atom. The molecule has 2 N–H and O–H groups in total. The van der Waals surface area contributed by atoms with Gasteiger partial charge < -0.3 is 20.1 Å². The van der Waals surface area contributed by atoms with Crippen molar-refractivity contribution < 1.29 is 19.1 Å². The first-order chi connectivity index (χ1) is 11.5. The average Bonchev–Trinajstić information content (AvgIpc) is 2.61. The first-order valence-electron chi connectivity index (χ1n) is 8.07. The molecule has 1 unspecified atom stereocenters. The number of benzene rings is 1. The van der Waals surface area contributed by atoms with E-state index in [1.807, 2.05) is 4.90 Å². The molecule has 1 atom stereocenters. The number of esters is 1. The van der Waals surface area contributed by atoms with Gasteiger partial charge in [0, 0.05) is 18.7 Å². The highest BCUT2D eigenvalue weighted by molar-refractivity contribution is 6.33. The van der Waals surface area contributed by atoms with Crippen LogP contribution in [0, 0.1) is 0 Å². The number of hydrogen-bond acceptors (Lipinski definition) is 5. The summed E-state index contributed by atoms with van der Waals surface area (Å²) in [7, 11) is 1.42. The summed E-state index contributed by atoms with van der Waals surface area (Å²) < 4.78 is 10.3. The fraction of sp³-hybridized carbons (Fsp3) is 0.529. The Morgan fingerprint density at radius 1 is 1.38 bits per heavy atom. The highest BCUT2D eigenvalue weighted by atomic mass is 35.5. The SMILES string of the molecule is CCC1CCCCN1C(=O)COC(=O)c1cc(Cl)c(N)cc1OC. The van der Waals surface area contributed by atoms with Gasteiger partial charge >= 0.3 is 5.97 Å². The molecule has 1 aromatic rings. The molecule has 1 fully saturated rings. The van der Waals surface area contributed by atoms with E-state index in [9.17, 15) is 9.59 Å². The number of anilines is 1. The number of carbonyl (C=O) groups excluding carboxylic acids is 2. The number of rotatable bonds is 5. The maximum absolute atomic E-state index is 12.4. The zero-order valence-electron chi connectivity index (χ0n) is 14.0. The molecule has 0 saturated carbocycles. The molecule has 0 aromatic heterocycles. The molecule has 0 bridgehead atoms. The maximum atomic E-state index is 12.4. The second kappa shape index (κ2) is 8.24. The number of ether oxygens (including phenoxy) is 2. The van der Waals surface area contributed by atoms with Crippen LogP contribution in [0.25, 0.3) is 0 Å². The molecule has 0 radical (unpaired) electrons. The molecule has 1 aliphatic rings. The number of methoxy groups -OCH3 is 1. The molecule has 1 amide bonds. The van der Waals surface area contributed by atoms with Crippen LogP contribution in [0.3, 0.4) is 0 Å². The molecule has 6 nitrogen and oxygen atoms in total. The van der Waals surface area contributed by atoms with E-state index in [1.54, 1.807) is 0 Å². The Hall–Kier alpha value is -1.95. The van der Waals surface area contributed by atoms with Crippen LogP contribution in [0.5, 0.6) is 5.75 Å². The Balaban J connectivity index is 2.02. The minimum atomic E-state index is -0.660. The van der Waals surface area contributed by atoms with Crippen molar-refractivity contribution in [1.29, 1.82) is 0 Å². The number of nitrogen functional groups attached to an aromatic ring is 1. The highest BCUT2D eigenvalue weighted by Gasteiger charge is 2.26. The number of halogens is 1. The molecule has 1 aliphatic heterocycles. The lowest BCUT2D eigenvalue weighted by Crippen LogP contribution is -2.45. The fourth-order valence-electron chi connectivity index (χ4n) is 2.94. The Morgan fingerprint density at radius 3 is 2.79 bits per heavy atom. The van der Waals surface area contributed by atoms with E-state index in [4.69, 9.17) is 26.8 Å². The van der Waals surface area contributed by atoms with Crippen molar-refractivity contribution in [1.82, 2.24) is 4.90 Å². The van der Waals surface area contributed by atoms with Crippen molar-refractivity contribution in [3.8, 4) is 5.75 Å². The summed E-state index contributed by atoms with van der Waals surface area (Å²) in [5, 5.41) is 0.233. The van der Waals surface area contributed by atoms with Crippen molar-refractivity contribution >= 4 is 29.2 Å². The minimum Gasteiger partial charge on any atom is -0.496 e. The first-order valence-corrected chi connectivity index (χ1v) is 8.45. The lowest BCUT2D eigenvalue weighted by Gasteiger charge is -2.35. The number of amides is 1. The van der Waals surface area contributed by atoms with Crippen LogP contribution in [-0.4, -0.2) is 43.1 Å². The van der Waals surface area contributed by atoms with Gasteiger partial charge in [-0.1, -0.05) is 18.5 Å². The van der Waals surface area contributed by atoms with Crippen LogP contribution in [0.15, 0.2) is 12.1 Å². The van der Waals surface area contributed by atoms with Gasteiger partial charge in [0.05, 0.1) is 17.8 Å². The number of nitrogens with zero attached hydrogens (tertiary/aromatic N) is 1. The second-order valence-corrected chi connectivity index (χ2v) is 6.20. The summed E-state index contributed by atoms with van der Waals surface area (Å²) in [4.78, 5) is 26.4. The predicted molar refractivity (Wildman–Crippen MR) is 92.3 cm³/mol. The summed E-state index contributed by atoms with van der Waals surface area (Å²) in [5.74, 6) is -0.568. The number of likely N-dealkylation sites (tertiary alicyclic amines) is 1. The molecule has 0 aliphatic carbocycles. The molecule has 2 rings (SSSR count). The van der Waals surface area contributed by atoms with Crippen molar-refractivity contribution in [3.63, 3.8) is 0 Å². The van der Waals surface area contributed by atoms with E-state index in [0.717, 1.165) is 25.7 Å². The number of nitrogens with two attached hydrogens (primary N) is 1.